The molecule has 0 amide bonds. The van der Waals surface area contributed by atoms with Crippen LogP contribution in [-0.4, -0.2) is 4.57 Å². The molecule has 2 nitrogen and oxygen atoms in total. The quantitative estimate of drug-likeness (QED) is 0.687. The van der Waals surface area contributed by atoms with Crippen LogP contribution in [0.1, 0.15) is 16.7 Å². The van der Waals surface area contributed by atoms with Gasteiger partial charge in [0.25, 0.3) is 0 Å². The average molecular weight is 264 g/mol. The summed E-state index contributed by atoms with van der Waals surface area (Å²) >= 11 is 0. The first-order chi connectivity index (χ1) is 9.67. The highest BCUT2D eigenvalue weighted by Gasteiger charge is 2.07. The zero-order valence-corrected chi connectivity index (χ0v) is 11.1. The predicted molar refractivity (Wildman–Crippen MR) is 76.9 cm³/mol. The summed E-state index contributed by atoms with van der Waals surface area (Å²) in [6, 6.07) is 14.7. The molecule has 0 N–H and O–H groups in total. The lowest BCUT2D eigenvalue weighted by atomic mass is 10.1. The maximum atomic E-state index is 13.9. The number of nitrogens with zero attached hydrogens (tertiary/aromatic N) is 2. The van der Waals surface area contributed by atoms with Gasteiger partial charge in [-0.1, -0.05) is 12.1 Å². The van der Waals surface area contributed by atoms with E-state index in [0.29, 0.717) is 17.7 Å². The number of fused-ring (bicyclic) bond motifs is 1. The van der Waals surface area contributed by atoms with Crippen LogP contribution in [0.2, 0.25) is 0 Å². The fraction of sp³-hybridized carbons (Fsp3) is 0.118. The van der Waals surface area contributed by atoms with Crippen molar-refractivity contribution < 1.29 is 4.39 Å². The number of aromatic nitrogens is 1. The van der Waals surface area contributed by atoms with Crippen LogP contribution in [0.5, 0.6) is 0 Å². The van der Waals surface area contributed by atoms with Gasteiger partial charge >= 0.3 is 0 Å². The summed E-state index contributed by atoms with van der Waals surface area (Å²) in [6.45, 7) is 2.46. The first kappa shape index (κ1) is 12.4. The summed E-state index contributed by atoms with van der Waals surface area (Å²) in [6.07, 6.45) is 1.95. The number of hydrogen-bond acceptors (Lipinski definition) is 1. The van der Waals surface area contributed by atoms with Gasteiger partial charge in [0, 0.05) is 17.3 Å². The molecule has 0 saturated heterocycles. The Balaban J connectivity index is 2.05. The zero-order chi connectivity index (χ0) is 14.1. The van der Waals surface area contributed by atoms with Crippen LogP contribution in [0.4, 0.5) is 4.39 Å². The molecule has 3 aromatic rings. The Labute approximate surface area is 116 Å². The lowest BCUT2D eigenvalue weighted by Gasteiger charge is -2.08. The van der Waals surface area contributed by atoms with Gasteiger partial charge in [-0.15, -0.1) is 0 Å². The highest BCUT2D eigenvalue weighted by molar-refractivity contribution is 5.80. The van der Waals surface area contributed by atoms with Gasteiger partial charge in [-0.05, 0) is 48.2 Å². The van der Waals surface area contributed by atoms with E-state index in [1.54, 1.807) is 6.07 Å². The molecule has 0 unspecified atom stereocenters. The Hall–Kier alpha value is -2.60. The number of benzene rings is 2. The maximum absolute atomic E-state index is 13.9. The Bertz CT molecular complexity index is 825. The minimum absolute atomic E-state index is 0.279. The fourth-order valence-corrected chi connectivity index (χ4v) is 2.38. The number of nitriles is 1. The lowest BCUT2D eigenvalue weighted by molar-refractivity contribution is 0.602. The van der Waals surface area contributed by atoms with Gasteiger partial charge in [0.15, 0.2) is 0 Å². The van der Waals surface area contributed by atoms with E-state index in [2.05, 4.69) is 18.2 Å². The maximum Gasteiger partial charge on any atom is 0.128 e. The molecule has 0 fully saturated rings. The van der Waals surface area contributed by atoms with Crippen molar-refractivity contribution in [2.24, 2.45) is 0 Å². The van der Waals surface area contributed by atoms with E-state index in [-0.39, 0.29) is 5.82 Å². The largest absolute Gasteiger partial charge is 0.343 e. The summed E-state index contributed by atoms with van der Waals surface area (Å²) < 4.78 is 15.9. The van der Waals surface area contributed by atoms with E-state index in [1.165, 1.54) is 17.7 Å². The van der Waals surface area contributed by atoms with Crippen molar-refractivity contribution in [3.05, 3.63) is 71.2 Å². The number of rotatable bonds is 2. The highest BCUT2D eigenvalue weighted by atomic mass is 19.1. The standard InChI is InChI=1S/C17H13FN2/c1-12-2-4-14-6-7-20(17(14)8-12)11-15-9-13(10-19)3-5-16(15)18/h2-9H,11H2,1H3. The minimum Gasteiger partial charge on any atom is -0.343 e. The second kappa shape index (κ2) is 4.82. The van der Waals surface area contributed by atoms with Crippen molar-refractivity contribution in [2.45, 2.75) is 13.5 Å². The van der Waals surface area contributed by atoms with Crippen LogP contribution in [0, 0.1) is 24.1 Å². The highest BCUT2D eigenvalue weighted by Crippen LogP contribution is 2.20. The molecule has 0 bridgehead atoms. The van der Waals surface area contributed by atoms with Crippen LogP contribution in [0.25, 0.3) is 10.9 Å². The second-order valence-corrected chi connectivity index (χ2v) is 4.92. The van der Waals surface area contributed by atoms with Gasteiger partial charge in [0.05, 0.1) is 18.2 Å². The molecule has 1 heterocycles. The summed E-state index contributed by atoms with van der Waals surface area (Å²) in [5, 5.41) is 10.0. The molecule has 0 aliphatic carbocycles. The predicted octanol–water partition coefficient (Wildman–Crippen LogP) is 4.01. The van der Waals surface area contributed by atoms with Crippen LogP contribution in [-0.2, 0) is 6.54 Å². The van der Waals surface area contributed by atoms with Gasteiger partial charge in [-0.2, -0.15) is 5.26 Å². The van der Waals surface area contributed by atoms with Crippen LogP contribution < -0.4 is 0 Å². The molecule has 0 aliphatic heterocycles. The summed E-state index contributed by atoms with van der Waals surface area (Å²) in [5.74, 6) is -0.279. The van der Waals surface area contributed by atoms with Gasteiger partial charge < -0.3 is 4.57 Å². The summed E-state index contributed by atoms with van der Waals surface area (Å²) in [7, 11) is 0. The third kappa shape index (κ3) is 2.17. The van der Waals surface area contributed by atoms with E-state index in [9.17, 15) is 4.39 Å². The first-order valence-electron chi connectivity index (χ1n) is 6.41. The molecule has 0 aliphatic rings. The van der Waals surface area contributed by atoms with E-state index < -0.39 is 0 Å². The molecule has 0 atom stereocenters. The monoisotopic (exact) mass is 264 g/mol. The minimum atomic E-state index is -0.279. The molecule has 98 valence electrons. The third-order valence-electron chi connectivity index (χ3n) is 3.44. The van der Waals surface area contributed by atoms with Crippen molar-refractivity contribution >= 4 is 10.9 Å². The molecule has 0 spiro atoms. The topological polar surface area (TPSA) is 28.7 Å². The molecule has 0 saturated carbocycles. The van der Waals surface area contributed by atoms with E-state index in [1.807, 2.05) is 29.8 Å². The average Bonchev–Trinajstić information content (AvgIpc) is 2.84. The Kier molecular flexibility index (Phi) is 3.00. The smallest absolute Gasteiger partial charge is 0.128 e. The van der Waals surface area contributed by atoms with Crippen LogP contribution >= 0.6 is 0 Å². The van der Waals surface area contributed by atoms with Gasteiger partial charge in [0.1, 0.15) is 5.82 Å². The van der Waals surface area contributed by atoms with Crippen LogP contribution in [0.3, 0.4) is 0 Å². The molecule has 3 heteroatoms. The molecule has 0 radical (unpaired) electrons. The van der Waals surface area contributed by atoms with Gasteiger partial charge in [-0.25, -0.2) is 4.39 Å². The summed E-state index contributed by atoms with van der Waals surface area (Å²) in [5.41, 5.74) is 3.26. The van der Waals surface area contributed by atoms with Crippen molar-refractivity contribution in [1.29, 1.82) is 5.26 Å². The molecule has 20 heavy (non-hydrogen) atoms. The van der Waals surface area contributed by atoms with E-state index in [0.717, 1.165) is 10.9 Å². The van der Waals surface area contributed by atoms with Crippen molar-refractivity contribution in [3.8, 4) is 6.07 Å². The molecular formula is C17H13FN2. The zero-order valence-electron chi connectivity index (χ0n) is 11.1. The SMILES string of the molecule is Cc1ccc2ccn(Cc3cc(C#N)ccc3F)c2c1. The molecule has 3 rings (SSSR count). The Morgan fingerprint density at radius 3 is 2.80 bits per heavy atom. The second-order valence-electron chi connectivity index (χ2n) is 4.92. The van der Waals surface area contributed by atoms with Crippen molar-refractivity contribution in [2.75, 3.05) is 0 Å². The van der Waals surface area contributed by atoms with Crippen molar-refractivity contribution in [1.82, 2.24) is 4.57 Å². The number of hydrogen-bond donors (Lipinski definition) is 0. The van der Waals surface area contributed by atoms with Gasteiger partial charge in [-0.3, -0.25) is 0 Å². The summed E-state index contributed by atoms with van der Waals surface area (Å²) in [4.78, 5) is 0. The fourth-order valence-electron chi connectivity index (χ4n) is 2.38. The van der Waals surface area contributed by atoms with Crippen molar-refractivity contribution in [3.63, 3.8) is 0 Å². The van der Waals surface area contributed by atoms with E-state index >= 15 is 0 Å². The number of aryl methyl sites for hydroxylation is 1. The Morgan fingerprint density at radius 2 is 2.00 bits per heavy atom. The molecular weight excluding hydrogens is 251 g/mol. The molecule has 2 aromatic carbocycles. The Morgan fingerprint density at radius 1 is 1.15 bits per heavy atom. The first-order valence-corrected chi connectivity index (χ1v) is 6.41. The molecule has 1 aromatic heterocycles. The van der Waals surface area contributed by atoms with Crippen LogP contribution in [0.15, 0.2) is 48.7 Å². The normalized spacial score (nSPS) is 10.7. The third-order valence-corrected chi connectivity index (χ3v) is 3.44. The van der Waals surface area contributed by atoms with Gasteiger partial charge in [0.2, 0.25) is 0 Å². The lowest BCUT2D eigenvalue weighted by Crippen LogP contribution is -2.01. The van der Waals surface area contributed by atoms with E-state index in [4.69, 9.17) is 5.26 Å². The number of halogens is 1.